The molecule has 1 aromatic rings. The van der Waals surface area contributed by atoms with Gasteiger partial charge in [0.05, 0.1) is 11.6 Å². The van der Waals surface area contributed by atoms with Gasteiger partial charge in [-0.15, -0.1) is 0 Å². The Bertz CT molecular complexity index is 532. The highest BCUT2D eigenvalue weighted by molar-refractivity contribution is 5.79. The highest BCUT2D eigenvalue weighted by atomic mass is 16.2. The van der Waals surface area contributed by atoms with E-state index in [0.29, 0.717) is 26.2 Å². The number of rotatable bonds is 3. The second kappa shape index (κ2) is 6.67. The van der Waals surface area contributed by atoms with Crippen LogP contribution < -0.4 is 5.73 Å². The molecule has 1 unspecified atom stereocenters. The molecule has 0 saturated carbocycles. The van der Waals surface area contributed by atoms with Crippen LogP contribution in [0.15, 0.2) is 18.3 Å². The van der Waals surface area contributed by atoms with Gasteiger partial charge in [0.25, 0.3) is 0 Å². The van der Waals surface area contributed by atoms with Gasteiger partial charge >= 0.3 is 0 Å². The summed E-state index contributed by atoms with van der Waals surface area (Å²) in [4.78, 5) is 31.4. The average molecular weight is 290 g/mol. The fourth-order valence-electron chi connectivity index (χ4n) is 2.59. The van der Waals surface area contributed by atoms with E-state index >= 15 is 0 Å². The number of aryl methyl sites for hydroxylation is 1. The summed E-state index contributed by atoms with van der Waals surface area (Å²) in [6, 6.07) is 3.93. The third-order valence-electron chi connectivity index (χ3n) is 3.94. The van der Waals surface area contributed by atoms with Crippen LogP contribution in [0.1, 0.15) is 18.2 Å². The van der Waals surface area contributed by atoms with E-state index in [1.807, 2.05) is 19.1 Å². The van der Waals surface area contributed by atoms with Gasteiger partial charge < -0.3 is 10.6 Å². The molecular formula is C15H22N4O2. The molecule has 114 valence electrons. The van der Waals surface area contributed by atoms with Crippen molar-refractivity contribution in [2.75, 3.05) is 26.2 Å². The molecule has 21 heavy (non-hydrogen) atoms. The van der Waals surface area contributed by atoms with Crippen LogP contribution in [0.4, 0.5) is 0 Å². The average Bonchev–Trinajstić information content (AvgIpc) is 2.64. The van der Waals surface area contributed by atoms with Crippen LogP contribution in [0.2, 0.25) is 0 Å². The fourth-order valence-corrected chi connectivity index (χ4v) is 2.59. The molecular weight excluding hydrogens is 268 g/mol. The van der Waals surface area contributed by atoms with E-state index in [1.165, 1.54) is 6.92 Å². The minimum atomic E-state index is -0.356. The smallest absolute Gasteiger partial charge is 0.223 e. The second-order valence-corrected chi connectivity index (χ2v) is 5.57. The normalized spacial score (nSPS) is 20.1. The number of primary amides is 1. The summed E-state index contributed by atoms with van der Waals surface area (Å²) in [6.07, 6.45) is 1.77. The van der Waals surface area contributed by atoms with Crippen LogP contribution in [0.5, 0.6) is 0 Å². The van der Waals surface area contributed by atoms with Crippen molar-refractivity contribution in [1.29, 1.82) is 0 Å². The van der Waals surface area contributed by atoms with Gasteiger partial charge in [-0.1, -0.05) is 6.07 Å². The Morgan fingerprint density at radius 1 is 1.38 bits per heavy atom. The Kier molecular flexibility index (Phi) is 4.90. The summed E-state index contributed by atoms with van der Waals surface area (Å²) < 4.78 is 0. The third-order valence-corrected chi connectivity index (χ3v) is 3.94. The maximum absolute atomic E-state index is 11.6. The second-order valence-electron chi connectivity index (χ2n) is 5.57. The van der Waals surface area contributed by atoms with Gasteiger partial charge in [-0.2, -0.15) is 0 Å². The van der Waals surface area contributed by atoms with Gasteiger partial charge in [0.15, 0.2) is 0 Å². The van der Waals surface area contributed by atoms with E-state index in [0.717, 1.165) is 17.8 Å². The highest BCUT2D eigenvalue weighted by Crippen LogP contribution is 2.14. The molecule has 1 fully saturated rings. The van der Waals surface area contributed by atoms with Crippen LogP contribution in [0.25, 0.3) is 0 Å². The lowest BCUT2D eigenvalue weighted by atomic mass is 10.1. The van der Waals surface area contributed by atoms with Crippen molar-refractivity contribution in [1.82, 2.24) is 14.8 Å². The first-order valence-electron chi connectivity index (χ1n) is 7.15. The lowest BCUT2D eigenvalue weighted by Crippen LogP contribution is -2.39. The molecule has 2 heterocycles. The Labute approximate surface area is 124 Å². The molecule has 0 bridgehead atoms. The summed E-state index contributed by atoms with van der Waals surface area (Å²) >= 11 is 0. The number of pyridine rings is 1. The Morgan fingerprint density at radius 3 is 2.76 bits per heavy atom. The van der Waals surface area contributed by atoms with Crippen LogP contribution >= 0.6 is 0 Å². The summed E-state index contributed by atoms with van der Waals surface area (Å²) in [7, 11) is 0. The first-order valence-corrected chi connectivity index (χ1v) is 7.15. The number of amides is 2. The molecule has 2 rings (SSSR count). The van der Waals surface area contributed by atoms with Crippen LogP contribution in [0, 0.1) is 12.8 Å². The molecule has 2 amide bonds. The van der Waals surface area contributed by atoms with E-state index < -0.39 is 0 Å². The number of nitrogens with two attached hydrogens (primary N) is 1. The van der Waals surface area contributed by atoms with E-state index in [-0.39, 0.29) is 17.7 Å². The van der Waals surface area contributed by atoms with E-state index in [2.05, 4.69) is 9.88 Å². The third kappa shape index (κ3) is 4.01. The van der Waals surface area contributed by atoms with Crippen LogP contribution in [-0.4, -0.2) is 52.8 Å². The SMILES string of the molecule is CC(=O)N1CCN(Cc2ncccc2C)CC(C(N)=O)C1. The summed E-state index contributed by atoms with van der Waals surface area (Å²) in [5, 5.41) is 0. The number of carbonyl (C=O) groups excluding carboxylic acids is 2. The lowest BCUT2D eigenvalue weighted by Gasteiger charge is -2.22. The minimum Gasteiger partial charge on any atom is -0.369 e. The zero-order valence-corrected chi connectivity index (χ0v) is 12.6. The number of aromatic nitrogens is 1. The van der Waals surface area contributed by atoms with Gasteiger partial charge in [0.2, 0.25) is 11.8 Å². The zero-order valence-electron chi connectivity index (χ0n) is 12.6. The Morgan fingerprint density at radius 2 is 2.14 bits per heavy atom. The van der Waals surface area contributed by atoms with Crippen molar-refractivity contribution in [3.63, 3.8) is 0 Å². The number of hydrogen-bond acceptors (Lipinski definition) is 4. The van der Waals surface area contributed by atoms with Crippen molar-refractivity contribution < 1.29 is 9.59 Å². The highest BCUT2D eigenvalue weighted by Gasteiger charge is 2.27. The monoisotopic (exact) mass is 290 g/mol. The molecule has 0 radical (unpaired) electrons. The summed E-state index contributed by atoms with van der Waals surface area (Å²) in [5.74, 6) is -0.705. The van der Waals surface area contributed by atoms with Crippen molar-refractivity contribution in [3.05, 3.63) is 29.6 Å². The molecule has 6 nitrogen and oxygen atoms in total. The Hall–Kier alpha value is -1.95. The van der Waals surface area contributed by atoms with Crippen molar-refractivity contribution in [2.45, 2.75) is 20.4 Å². The van der Waals surface area contributed by atoms with Crippen LogP contribution in [0.3, 0.4) is 0 Å². The molecule has 0 aliphatic carbocycles. The van der Waals surface area contributed by atoms with E-state index in [4.69, 9.17) is 5.73 Å². The lowest BCUT2D eigenvalue weighted by molar-refractivity contribution is -0.130. The predicted molar refractivity (Wildman–Crippen MR) is 79.2 cm³/mol. The van der Waals surface area contributed by atoms with Gasteiger partial charge in [-0.3, -0.25) is 19.5 Å². The quantitative estimate of drug-likeness (QED) is 0.860. The largest absolute Gasteiger partial charge is 0.369 e. The summed E-state index contributed by atoms with van der Waals surface area (Å²) in [5.41, 5.74) is 7.59. The van der Waals surface area contributed by atoms with Crippen molar-refractivity contribution in [3.8, 4) is 0 Å². The van der Waals surface area contributed by atoms with Gasteiger partial charge in [-0.25, -0.2) is 0 Å². The Balaban J connectivity index is 2.11. The molecule has 1 aromatic heterocycles. The molecule has 0 spiro atoms. The van der Waals surface area contributed by atoms with Gasteiger partial charge in [0, 0.05) is 45.8 Å². The van der Waals surface area contributed by atoms with E-state index in [1.54, 1.807) is 11.1 Å². The predicted octanol–water partition coefficient (Wildman–Crippen LogP) is 0.156. The van der Waals surface area contributed by atoms with Crippen molar-refractivity contribution >= 4 is 11.8 Å². The zero-order chi connectivity index (χ0) is 15.4. The number of nitrogens with zero attached hydrogens (tertiary/aromatic N) is 3. The van der Waals surface area contributed by atoms with Crippen LogP contribution in [-0.2, 0) is 16.1 Å². The van der Waals surface area contributed by atoms with Gasteiger partial charge in [0.1, 0.15) is 0 Å². The molecule has 1 aliphatic heterocycles. The molecule has 1 atom stereocenters. The molecule has 6 heteroatoms. The molecule has 1 saturated heterocycles. The standard InChI is InChI=1S/C15H22N4O2/c1-11-4-3-5-17-14(11)10-18-6-7-19(12(2)20)9-13(8-18)15(16)21/h3-5,13H,6-10H2,1-2H3,(H2,16,21). The van der Waals surface area contributed by atoms with Crippen molar-refractivity contribution in [2.24, 2.45) is 11.7 Å². The fraction of sp³-hybridized carbons (Fsp3) is 0.533. The number of carbonyl (C=O) groups is 2. The molecule has 1 aliphatic rings. The minimum absolute atomic E-state index is 0.0166. The summed E-state index contributed by atoms with van der Waals surface area (Å²) in [6.45, 7) is 6.52. The molecule has 2 N–H and O–H groups in total. The first-order chi connectivity index (χ1) is 9.97. The maximum Gasteiger partial charge on any atom is 0.223 e. The first kappa shape index (κ1) is 15.4. The maximum atomic E-state index is 11.6. The number of hydrogen-bond donors (Lipinski definition) is 1. The van der Waals surface area contributed by atoms with E-state index in [9.17, 15) is 9.59 Å². The topological polar surface area (TPSA) is 79.5 Å². The molecule has 0 aromatic carbocycles. The van der Waals surface area contributed by atoms with Gasteiger partial charge in [-0.05, 0) is 18.6 Å².